The van der Waals surface area contributed by atoms with Crippen LogP contribution >= 0.6 is 0 Å². The zero-order valence-electron chi connectivity index (χ0n) is 19.1. The van der Waals surface area contributed by atoms with Crippen molar-refractivity contribution in [1.82, 2.24) is 5.32 Å². The number of amides is 1. The van der Waals surface area contributed by atoms with Crippen LogP contribution in [-0.2, 0) is 25.5 Å². The lowest BCUT2D eigenvalue weighted by atomic mass is 10.00. The third-order valence-corrected chi connectivity index (χ3v) is 4.16. The SMILES string of the molecule is C/C=C\C(=C/C)COC(=O)C[C@H](NC(=O)OC(C)(C)C)C(=O)Cc1c(F)c(F)cc(F)c1F. The van der Waals surface area contributed by atoms with E-state index in [-0.39, 0.29) is 12.7 Å². The van der Waals surface area contributed by atoms with Crippen molar-refractivity contribution in [3.05, 3.63) is 58.7 Å². The molecule has 33 heavy (non-hydrogen) atoms. The highest BCUT2D eigenvalue weighted by Gasteiger charge is 2.30. The summed E-state index contributed by atoms with van der Waals surface area (Å²) in [5.41, 5.74) is -1.45. The Labute approximate surface area is 189 Å². The summed E-state index contributed by atoms with van der Waals surface area (Å²) in [5.74, 6) is -8.85. The Morgan fingerprint density at radius 3 is 2.12 bits per heavy atom. The molecular weight excluding hydrogens is 446 g/mol. The lowest BCUT2D eigenvalue weighted by Crippen LogP contribution is -2.45. The molecule has 0 spiro atoms. The predicted octanol–water partition coefficient (Wildman–Crippen LogP) is 4.70. The van der Waals surface area contributed by atoms with Crippen LogP contribution in [0.2, 0.25) is 0 Å². The second kappa shape index (κ2) is 12.2. The van der Waals surface area contributed by atoms with Crippen LogP contribution in [0.15, 0.2) is 29.9 Å². The fourth-order valence-corrected chi connectivity index (χ4v) is 2.60. The van der Waals surface area contributed by atoms with Gasteiger partial charge >= 0.3 is 12.1 Å². The van der Waals surface area contributed by atoms with Crippen LogP contribution in [-0.4, -0.2) is 36.1 Å². The summed E-state index contributed by atoms with van der Waals surface area (Å²) in [4.78, 5) is 37.1. The maximum absolute atomic E-state index is 14.0. The number of ketones is 1. The van der Waals surface area contributed by atoms with Gasteiger partial charge in [0.1, 0.15) is 18.2 Å². The van der Waals surface area contributed by atoms with E-state index in [0.29, 0.717) is 5.57 Å². The molecule has 1 atom stereocenters. The van der Waals surface area contributed by atoms with Gasteiger partial charge < -0.3 is 14.8 Å². The number of esters is 1. The molecule has 1 amide bonds. The number of carbonyl (C=O) groups is 3. The van der Waals surface area contributed by atoms with Crippen molar-refractivity contribution >= 4 is 17.8 Å². The van der Waals surface area contributed by atoms with Crippen LogP contribution in [0.1, 0.15) is 46.6 Å². The van der Waals surface area contributed by atoms with Crippen molar-refractivity contribution in [3.63, 3.8) is 0 Å². The summed E-state index contributed by atoms with van der Waals surface area (Å²) < 4.78 is 65.1. The molecule has 0 fully saturated rings. The number of nitrogens with one attached hydrogen (secondary N) is 1. The molecule has 0 unspecified atom stereocenters. The van der Waals surface area contributed by atoms with Gasteiger partial charge in [0.25, 0.3) is 0 Å². The molecule has 1 N–H and O–H groups in total. The Balaban J connectivity index is 3.08. The molecule has 1 aromatic carbocycles. The summed E-state index contributed by atoms with van der Waals surface area (Å²) in [6.07, 6.45) is 2.20. The van der Waals surface area contributed by atoms with Crippen molar-refractivity contribution in [2.45, 2.75) is 59.1 Å². The van der Waals surface area contributed by atoms with E-state index >= 15 is 0 Å². The van der Waals surface area contributed by atoms with Crippen LogP contribution in [0.25, 0.3) is 0 Å². The Morgan fingerprint density at radius 2 is 1.64 bits per heavy atom. The van der Waals surface area contributed by atoms with Crippen molar-refractivity contribution in [2.75, 3.05) is 6.61 Å². The summed E-state index contributed by atoms with van der Waals surface area (Å²) in [6.45, 7) is 8.03. The quantitative estimate of drug-likeness (QED) is 0.243. The van der Waals surface area contributed by atoms with Gasteiger partial charge in [-0.15, -0.1) is 0 Å². The van der Waals surface area contributed by atoms with Crippen molar-refractivity contribution in [1.29, 1.82) is 0 Å². The molecule has 0 aliphatic rings. The first-order valence-corrected chi connectivity index (χ1v) is 10.1. The fourth-order valence-electron chi connectivity index (χ4n) is 2.60. The van der Waals surface area contributed by atoms with Gasteiger partial charge in [-0.3, -0.25) is 9.59 Å². The minimum atomic E-state index is -1.75. The molecular formula is C23H27F4NO5. The molecule has 0 aromatic heterocycles. The second-order valence-electron chi connectivity index (χ2n) is 8.02. The standard InChI is InChI=1S/C23H27F4NO5/c1-6-8-13(7-2)12-32-19(30)11-17(28-22(31)33-23(3,4)5)18(29)9-14-20(26)15(24)10-16(25)21(14)27/h6-8,10,17H,9,11-12H2,1-5H3,(H,28,31)/b8-6-,13-7+/t17-/m0/s1. The first-order chi connectivity index (χ1) is 15.3. The molecule has 1 rings (SSSR count). The summed E-state index contributed by atoms with van der Waals surface area (Å²) >= 11 is 0. The van der Waals surface area contributed by atoms with Gasteiger partial charge in [-0.25, -0.2) is 22.4 Å². The van der Waals surface area contributed by atoms with E-state index in [9.17, 15) is 31.9 Å². The number of benzene rings is 1. The number of alkyl carbamates (subject to hydrolysis) is 1. The van der Waals surface area contributed by atoms with Gasteiger partial charge in [0.05, 0.1) is 6.42 Å². The molecule has 182 valence electrons. The third-order valence-electron chi connectivity index (χ3n) is 4.16. The topological polar surface area (TPSA) is 81.7 Å². The molecule has 0 heterocycles. The second-order valence-corrected chi connectivity index (χ2v) is 8.02. The van der Waals surface area contributed by atoms with Gasteiger partial charge in [-0.05, 0) is 40.2 Å². The van der Waals surface area contributed by atoms with E-state index in [4.69, 9.17) is 9.47 Å². The van der Waals surface area contributed by atoms with Gasteiger partial charge in [-0.2, -0.15) is 0 Å². The highest BCUT2D eigenvalue weighted by Crippen LogP contribution is 2.21. The summed E-state index contributed by atoms with van der Waals surface area (Å²) in [5, 5.41) is 2.15. The average molecular weight is 473 g/mol. The number of carbonyl (C=O) groups excluding carboxylic acids is 3. The van der Waals surface area contributed by atoms with Crippen LogP contribution in [0.5, 0.6) is 0 Å². The van der Waals surface area contributed by atoms with Gasteiger partial charge in [-0.1, -0.05) is 18.2 Å². The third kappa shape index (κ3) is 9.07. The minimum absolute atomic E-state index is 0.00994. The Bertz CT molecular complexity index is 925. The maximum Gasteiger partial charge on any atom is 0.408 e. The molecule has 1 aromatic rings. The van der Waals surface area contributed by atoms with E-state index in [1.807, 2.05) is 0 Å². The number of hydrogen-bond acceptors (Lipinski definition) is 5. The average Bonchev–Trinajstić information content (AvgIpc) is 2.70. The van der Waals surface area contributed by atoms with E-state index in [0.717, 1.165) is 0 Å². The summed E-state index contributed by atoms with van der Waals surface area (Å²) in [6, 6.07) is -1.62. The Morgan fingerprint density at radius 1 is 1.06 bits per heavy atom. The first-order valence-electron chi connectivity index (χ1n) is 10.1. The number of hydrogen-bond donors (Lipinski definition) is 1. The molecule has 0 saturated carbocycles. The minimum Gasteiger partial charge on any atom is -0.461 e. The lowest BCUT2D eigenvalue weighted by molar-refractivity contribution is -0.144. The Hall–Kier alpha value is -3.17. The predicted molar refractivity (Wildman–Crippen MR) is 112 cm³/mol. The highest BCUT2D eigenvalue weighted by molar-refractivity contribution is 5.92. The zero-order chi connectivity index (χ0) is 25.3. The van der Waals surface area contributed by atoms with Gasteiger partial charge in [0.15, 0.2) is 29.1 Å². The van der Waals surface area contributed by atoms with Gasteiger partial charge in [0, 0.05) is 18.1 Å². The number of allylic oxidation sites excluding steroid dienone is 2. The van der Waals surface area contributed by atoms with E-state index in [1.165, 1.54) is 0 Å². The highest BCUT2D eigenvalue weighted by atomic mass is 19.2. The fraction of sp³-hybridized carbons (Fsp3) is 0.435. The van der Waals surface area contributed by atoms with Crippen LogP contribution in [0.3, 0.4) is 0 Å². The van der Waals surface area contributed by atoms with Crippen LogP contribution in [0, 0.1) is 23.3 Å². The monoisotopic (exact) mass is 473 g/mol. The molecule has 10 heteroatoms. The maximum atomic E-state index is 14.0. The van der Waals surface area contributed by atoms with Gasteiger partial charge in [0.2, 0.25) is 0 Å². The molecule has 0 aliphatic carbocycles. The molecule has 0 bridgehead atoms. The molecule has 0 aliphatic heterocycles. The number of halogens is 4. The normalized spacial score (nSPS) is 13.1. The largest absolute Gasteiger partial charge is 0.461 e. The first kappa shape index (κ1) is 27.9. The van der Waals surface area contributed by atoms with Crippen molar-refractivity contribution in [3.8, 4) is 0 Å². The smallest absolute Gasteiger partial charge is 0.408 e. The lowest BCUT2D eigenvalue weighted by Gasteiger charge is -2.23. The number of rotatable bonds is 9. The number of Topliss-reactive ketones (excluding diaryl/α,β-unsaturated/α-hetero) is 1. The number of ether oxygens (including phenoxy) is 2. The van der Waals surface area contributed by atoms with E-state index < -0.39 is 71.2 Å². The van der Waals surface area contributed by atoms with Crippen LogP contribution < -0.4 is 5.32 Å². The van der Waals surface area contributed by atoms with Crippen LogP contribution in [0.4, 0.5) is 22.4 Å². The zero-order valence-corrected chi connectivity index (χ0v) is 19.1. The van der Waals surface area contributed by atoms with Crippen molar-refractivity contribution in [2.24, 2.45) is 0 Å². The van der Waals surface area contributed by atoms with Crippen molar-refractivity contribution < 1.29 is 41.4 Å². The van der Waals surface area contributed by atoms with E-state index in [1.54, 1.807) is 52.8 Å². The molecule has 0 radical (unpaired) electrons. The molecule has 6 nitrogen and oxygen atoms in total. The van der Waals surface area contributed by atoms with E-state index in [2.05, 4.69) is 5.32 Å². The summed E-state index contributed by atoms with van der Waals surface area (Å²) in [7, 11) is 0. The molecule has 0 saturated heterocycles. The Kier molecular flexibility index (Phi) is 10.3.